The number of nitrogens with zero attached hydrogens (tertiary/aromatic N) is 1. The van der Waals surface area contributed by atoms with Gasteiger partial charge in [-0.2, -0.15) is 0 Å². The van der Waals surface area contributed by atoms with E-state index in [9.17, 15) is 14.4 Å². The van der Waals surface area contributed by atoms with Crippen LogP contribution in [0.2, 0.25) is 0 Å². The minimum absolute atomic E-state index is 0.111. The first-order valence-electron chi connectivity index (χ1n) is 6.87. The summed E-state index contributed by atoms with van der Waals surface area (Å²) >= 11 is 0. The summed E-state index contributed by atoms with van der Waals surface area (Å²) in [6.45, 7) is 1.54. The molecule has 6 heteroatoms. The van der Waals surface area contributed by atoms with Gasteiger partial charge in [0, 0.05) is 25.3 Å². The first-order chi connectivity index (χ1) is 9.18. The Morgan fingerprint density at radius 1 is 1.21 bits per heavy atom. The van der Waals surface area contributed by atoms with Gasteiger partial charge in [-0.1, -0.05) is 6.42 Å². The van der Waals surface area contributed by atoms with E-state index < -0.39 is 0 Å². The predicted octanol–water partition coefficient (Wildman–Crippen LogP) is 0.0683. The Kier molecular flexibility index (Phi) is 4.90. The molecular formula is C13H20N2O4. The van der Waals surface area contributed by atoms with Crippen LogP contribution in [0, 0.1) is 5.92 Å². The van der Waals surface area contributed by atoms with Crippen molar-refractivity contribution in [3.63, 3.8) is 0 Å². The number of amides is 3. The number of hydrogen-bond acceptors (Lipinski definition) is 4. The van der Waals surface area contributed by atoms with Crippen molar-refractivity contribution < 1.29 is 19.1 Å². The van der Waals surface area contributed by atoms with Crippen LogP contribution in [-0.2, 0) is 19.1 Å². The maximum Gasteiger partial charge on any atom is 0.229 e. The molecule has 0 atom stereocenters. The fourth-order valence-corrected chi connectivity index (χ4v) is 2.19. The van der Waals surface area contributed by atoms with Crippen molar-refractivity contribution in [1.82, 2.24) is 10.2 Å². The smallest absolute Gasteiger partial charge is 0.229 e. The van der Waals surface area contributed by atoms with Gasteiger partial charge in [-0.25, -0.2) is 0 Å². The van der Waals surface area contributed by atoms with E-state index >= 15 is 0 Å². The third-order valence-corrected chi connectivity index (χ3v) is 3.64. The molecule has 106 valence electrons. The molecule has 1 heterocycles. The second kappa shape index (κ2) is 6.65. The van der Waals surface area contributed by atoms with E-state index in [0.717, 1.165) is 19.3 Å². The van der Waals surface area contributed by atoms with Gasteiger partial charge in [0.25, 0.3) is 0 Å². The number of rotatable bonds is 7. The van der Waals surface area contributed by atoms with Crippen LogP contribution >= 0.6 is 0 Å². The van der Waals surface area contributed by atoms with Crippen molar-refractivity contribution in [3.8, 4) is 0 Å². The normalized spacial score (nSPS) is 19.7. The molecule has 0 aromatic rings. The average molecular weight is 268 g/mol. The molecule has 1 saturated heterocycles. The minimum atomic E-state index is -0.119. The highest BCUT2D eigenvalue weighted by atomic mass is 16.5. The monoisotopic (exact) mass is 268 g/mol. The SMILES string of the molecule is O=C(NCCOCCN1C(=O)CCC1=O)C1CCC1. The van der Waals surface area contributed by atoms with Crippen LogP contribution in [0.1, 0.15) is 32.1 Å². The van der Waals surface area contributed by atoms with Gasteiger partial charge in [-0.3, -0.25) is 19.3 Å². The van der Waals surface area contributed by atoms with Crippen molar-refractivity contribution >= 4 is 17.7 Å². The Balaban J connectivity index is 1.49. The second-order valence-corrected chi connectivity index (χ2v) is 4.97. The molecule has 19 heavy (non-hydrogen) atoms. The lowest BCUT2D eigenvalue weighted by molar-refractivity contribution is -0.139. The zero-order valence-electron chi connectivity index (χ0n) is 11.0. The molecule has 1 N–H and O–H groups in total. The first kappa shape index (κ1) is 14.0. The topological polar surface area (TPSA) is 75.7 Å². The Labute approximate surface area is 112 Å². The van der Waals surface area contributed by atoms with Crippen molar-refractivity contribution in [2.45, 2.75) is 32.1 Å². The molecule has 0 spiro atoms. The molecule has 3 amide bonds. The third-order valence-electron chi connectivity index (χ3n) is 3.64. The van der Waals surface area contributed by atoms with Gasteiger partial charge < -0.3 is 10.1 Å². The number of carbonyl (C=O) groups is 3. The molecule has 0 unspecified atom stereocenters. The van der Waals surface area contributed by atoms with E-state index in [0.29, 0.717) is 39.1 Å². The summed E-state index contributed by atoms with van der Waals surface area (Å²) < 4.78 is 5.31. The molecule has 1 aliphatic carbocycles. The molecule has 2 aliphatic rings. The van der Waals surface area contributed by atoms with Gasteiger partial charge in [-0.05, 0) is 12.8 Å². The summed E-state index contributed by atoms with van der Waals surface area (Å²) in [5.74, 6) is 0.0679. The van der Waals surface area contributed by atoms with Crippen molar-refractivity contribution in [1.29, 1.82) is 0 Å². The Bertz CT molecular complexity index is 350. The summed E-state index contributed by atoms with van der Waals surface area (Å²) in [5, 5.41) is 2.82. The van der Waals surface area contributed by atoms with E-state index in [1.165, 1.54) is 4.90 Å². The van der Waals surface area contributed by atoms with Gasteiger partial charge in [0.15, 0.2) is 0 Å². The largest absolute Gasteiger partial charge is 0.378 e. The fourth-order valence-electron chi connectivity index (χ4n) is 2.19. The maximum absolute atomic E-state index is 11.5. The number of likely N-dealkylation sites (tertiary alicyclic amines) is 1. The summed E-state index contributed by atoms with van der Waals surface area (Å²) in [7, 11) is 0. The fraction of sp³-hybridized carbons (Fsp3) is 0.769. The first-order valence-corrected chi connectivity index (χ1v) is 6.87. The highest BCUT2D eigenvalue weighted by Gasteiger charge is 2.28. The Morgan fingerprint density at radius 2 is 1.89 bits per heavy atom. The average Bonchev–Trinajstić information content (AvgIpc) is 2.62. The van der Waals surface area contributed by atoms with E-state index in [2.05, 4.69) is 5.32 Å². The van der Waals surface area contributed by atoms with Crippen LogP contribution < -0.4 is 5.32 Å². The zero-order chi connectivity index (χ0) is 13.7. The minimum Gasteiger partial charge on any atom is -0.378 e. The number of hydrogen-bond donors (Lipinski definition) is 1. The Morgan fingerprint density at radius 3 is 2.47 bits per heavy atom. The van der Waals surface area contributed by atoms with Gasteiger partial charge in [-0.15, -0.1) is 0 Å². The van der Waals surface area contributed by atoms with Crippen LogP contribution in [-0.4, -0.2) is 48.9 Å². The molecule has 1 saturated carbocycles. The van der Waals surface area contributed by atoms with Gasteiger partial charge in [0.1, 0.15) is 0 Å². The highest BCUT2D eigenvalue weighted by molar-refractivity contribution is 6.01. The van der Waals surface area contributed by atoms with E-state index in [4.69, 9.17) is 4.74 Å². The van der Waals surface area contributed by atoms with Crippen LogP contribution in [0.25, 0.3) is 0 Å². The molecule has 0 aromatic heterocycles. The van der Waals surface area contributed by atoms with Crippen molar-refractivity contribution in [2.24, 2.45) is 5.92 Å². The molecule has 1 aliphatic heterocycles. The Hall–Kier alpha value is -1.43. The quantitative estimate of drug-likeness (QED) is 0.523. The standard InChI is InChI=1S/C13H20N2O4/c16-11-4-5-12(17)15(11)7-9-19-8-6-14-13(18)10-2-1-3-10/h10H,1-9H2,(H,14,18). The lowest BCUT2D eigenvalue weighted by atomic mass is 9.85. The molecule has 6 nitrogen and oxygen atoms in total. The highest BCUT2D eigenvalue weighted by Crippen LogP contribution is 2.25. The summed E-state index contributed by atoms with van der Waals surface area (Å²) in [4.78, 5) is 35.3. The van der Waals surface area contributed by atoms with Gasteiger partial charge in [0.05, 0.1) is 19.8 Å². The molecule has 2 fully saturated rings. The summed E-state index contributed by atoms with van der Waals surface area (Å²) in [6, 6.07) is 0. The molecular weight excluding hydrogens is 248 g/mol. The molecule has 0 radical (unpaired) electrons. The van der Waals surface area contributed by atoms with Crippen LogP contribution in [0.4, 0.5) is 0 Å². The number of ether oxygens (including phenoxy) is 1. The molecule has 0 bridgehead atoms. The van der Waals surface area contributed by atoms with Gasteiger partial charge in [0.2, 0.25) is 17.7 Å². The predicted molar refractivity (Wildman–Crippen MR) is 67.1 cm³/mol. The van der Waals surface area contributed by atoms with E-state index in [1.54, 1.807) is 0 Å². The lowest BCUT2D eigenvalue weighted by Gasteiger charge is -2.24. The molecule has 2 rings (SSSR count). The van der Waals surface area contributed by atoms with Crippen LogP contribution in [0.3, 0.4) is 0 Å². The van der Waals surface area contributed by atoms with E-state index in [1.807, 2.05) is 0 Å². The van der Waals surface area contributed by atoms with Gasteiger partial charge >= 0.3 is 0 Å². The number of imide groups is 1. The molecule has 0 aromatic carbocycles. The zero-order valence-corrected chi connectivity index (χ0v) is 11.0. The second-order valence-electron chi connectivity index (χ2n) is 4.97. The van der Waals surface area contributed by atoms with E-state index in [-0.39, 0.29) is 23.6 Å². The third kappa shape index (κ3) is 3.76. The lowest BCUT2D eigenvalue weighted by Crippen LogP contribution is -2.37. The van der Waals surface area contributed by atoms with Crippen molar-refractivity contribution in [2.75, 3.05) is 26.3 Å². The van der Waals surface area contributed by atoms with Crippen LogP contribution in [0.5, 0.6) is 0 Å². The van der Waals surface area contributed by atoms with Crippen molar-refractivity contribution in [3.05, 3.63) is 0 Å². The summed E-state index contributed by atoms with van der Waals surface area (Å²) in [5.41, 5.74) is 0. The number of nitrogens with one attached hydrogen (secondary N) is 1. The van der Waals surface area contributed by atoms with Crippen LogP contribution in [0.15, 0.2) is 0 Å². The summed E-state index contributed by atoms with van der Waals surface area (Å²) in [6.07, 6.45) is 3.76. The maximum atomic E-state index is 11.5. The number of carbonyl (C=O) groups excluding carboxylic acids is 3.